The molecule has 0 radical (unpaired) electrons. The molecule has 1 aromatic heterocycles. The highest BCUT2D eigenvalue weighted by atomic mass is 16.6. The summed E-state index contributed by atoms with van der Waals surface area (Å²) in [5.74, 6) is 0.0806. The molecule has 2 aliphatic heterocycles. The molecule has 2 aromatic carbocycles. The molecule has 3 aliphatic rings. The molecule has 3 aromatic rings. The van der Waals surface area contributed by atoms with Gasteiger partial charge in [-0.3, -0.25) is 9.48 Å². The molecule has 2 unspecified atom stereocenters. The minimum Gasteiger partial charge on any atom is -0.448 e. The zero-order valence-corrected chi connectivity index (χ0v) is 18.7. The van der Waals surface area contributed by atoms with Crippen molar-refractivity contribution in [3.63, 3.8) is 0 Å². The molecule has 6 nitrogen and oxygen atoms in total. The number of aryl methyl sites for hydroxylation is 1. The van der Waals surface area contributed by atoms with Crippen LogP contribution in [0.1, 0.15) is 53.2 Å². The second-order valence-corrected chi connectivity index (χ2v) is 9.50. The highest BCUT2D eigenvalue weighted by Gasteiger charge is 2.46. The van der Waals surface area contributed by atoms with E-state index in [1.807, 2.05) is 24.1 Å². The van der Waals surface area contributed by atoms with Gasteiger partial charge in [0.25, 0.3) is 0 Å². The highest BCUT2D eigenvalue weighted by Crippen LogP contribution is 2.45. The Morgan fingerprint density at radius 1 is 0.939 bits per heavy atom. The minimum atomic E-state index is -0.243. The fraction of sp³-hybridized carbons (Fsp3) is 0.370. The minimum absolute atomic E-state index is 0.0577. The fourth-order valence-electron chi connectivity index (χ4n) is 6.11. The van der Waals surface area contributed by atoms with E-state index in [-0.39, 0.29) is 35.8 Å². The summed E-state index contributed by atoms with van der Waals surface area (Å²) in [5, 5.41) is 4.28. The Morgan fingerprint density at radius 2 is 1.55 bits per heavy atom. The molecule has 3 heterocycles. The second kappa shape index (κ2) is 7.87. The maximum atomic E-state index is 13.2. The summed E-state index contributed by atoms with van der Waals surface area (Å²) in [7, 11) is 1.82. The van der Waals surface area contributed by atoms with Gasteiger partial charge < -0.3 is 9.64 Å². The summed E-state index contributed by atoms with van der Waals surface area (Å²) in [6, 6.07) is 18.6. The number of Topliss-reactive ketones (excluding diaryl/α,β-unsaturated/α-hetero) is 1. The Morgan fingerprint density at radius 3 is 2.12 bits per heavy atom. The van der Waals surface area contributed by atoms with Gasteiger partial charge in [-0.25, -0.2) is 4.79 Å². The molecule has 1 aliphatic carbocycles. The Bertz CT molecular complexity index is 1170. The number of piperidine rings is 1. The Kier molecular flexibility index (Phi) is 4.82. The van der Waals surface area contributed by atoms with Crippen molar-refractivity contribution in [2.24, 2.45) is 13.0 Å². The molecular formula is C27H27N3O3. The van der Waals surface area contributed by atoms with Gasteiger partial charge in [0.1, 0.15) is 12.3 Å². The number of ether oxygens (including phenoxy) is 1. The smallest absolute Gasteiger partial charge is 0.410 e. The van der Waals surface area contributed by atoms with Crippen molar-refractivity contribution in [1.29, 1.82) is 0 Å². The Labute approximate surface area is 193 Å². The molecule has 6 heteroatoms. The van der Waals surface area contributed by atoms with Crippen LogP contribution in [0.4, 0.5) is 4.79 Å². The predicted molar refractivity (Wildman–Crippen MR) is 124 cm³/mol. The van der Waals surface area contributed by atoms with Crippen LogP contribution in [-0.4, -0.2) is 45.2 Å². The van der Waals surface area contributed by atoms with E-state index in [0.717, 1.165) is 12.8 Å². The fourth-order valence-corrected chi connectivity index (χ4v) is 6.11. The van der Waals surface area contributed by atoms with Gasteiger partial charge in [0.05, 0.1) is 0 Å². The van der Waals surface area contributed by atoms with E-state index in [2.05, 4.69) is 41.5 Å². The molecule has 6 rings (SSSR count). The quantitative estimate of drug-likeness (QED) is 0.546. The van der Waals surface area contributed by atoms with Gasteiger partial charge in [0.2, 0.25) is 0 Å². The largest absolute Gasteiger partial charge is 0.448 e. The van der Waals surface area contributed by atoms with Crippen LogP contribution in [0.2, 0.25) is 0 Å². The molecule has 168 valence electrons. The van der Waals surface area contributed by atoms with Crippen LogP contribution < -0.4 is 0 Å². The van der Waals surface area contributed by atoms with Crippen molar-refractivity contribution < 1.29 is 14.3 Å². The number of benzene rings is 2. The standard InChI is InChI=1S/C27H27N3O3/c1-29-13-12-25(28-29)26(31)17-14-18-10-11-19(15-17)30(18)27(32)33-16-24-22-8-4-2-6-20(22)21-7-3-5-9-23(21)24/h2-9,12-13,17-19,24H,10-11,14-16H2,1H3. The summed E-state index contributed by atoms with van der Waals surface area (Å²) in [6.07, 6.45) is 4.80. The predicted octanol–water partition coefficient (Wildman–Crippen LogP) is 4.79. The highest BCUT2D eigenvalue weighted by molar-refractivity contribution is 5.96. The maximum absolute atomic E-state index is 13.2. The number of aromatic nitrogens is 2. The van der Waals surface area contributed by atoms with Crippen LogP contribution in [-0.2, 0) is 11.8 Å². The summed E-state index contributed by atoms with van der Waals surface area (Å²) in [5.41, 5.74) is 5.41. The maximum Gasteiger partial charge on any atom is 0.410 e. The van der Waals surface area contributed by atoms with E-state index in [1.54, 1.807) is 16.9 Å². The average Bonchev–Trinajstić information content (AvgIpc) is 3.49. The number of fused-ring (bicyclic) bond motifs is 5. The monoisotopic (exact) mass is 441 g/mol. The van der Waals surface area contributed by atoms with Crippen LogP contribution in [0.5, 0.6) is 0 Å². The third-order valence-electron chi connectivity index (χ3n) is 7.62. The van der Waals surface area contributed by atoms with Crippen LogP contribution in [0.25, 0.3) is 11.1 Å². The third-order valence-corrected chi connectivity index (χ3v) is 7.62. The van der Waals surface area contributed by atoms with E-state index in [9.17, 15) is 9.59 Å². The first-order chi connectivity index (χ1) is 16.1. The molecular weight excluding hydrogens is 414 g/mol. The van der Waals surface area contributed by atoms with Gasteiger partial charge in [-0.2, -0.15) is 5.10 Å². The second-order valence-electron chi connectivity index (χ2n) is 9.50. The SMILES string of the molecule is Cn1ccc(C(=O)C2CC3CCC(C2)N3C(=O)OCC2c3ccccc3-c3ccccc32)n1. The van der Waals surface area contributed by atoms with E-state index < -0.39 is 0 Å². The molecule has 0 N–H and O–H groups in total. The summed E-state index contributed by atoms with van der Waals surface area (Å²) < 4.78 is 7.59. The summed E-state index contributed by atoms with van der Waals surface area (Å²) in [6.45, 7) is 0.332. The van der Waals surface area contributed by atoms with Crippen LogP contribution in [0.15, 0.2) is 60.8 Å². The lowest BCUT2D eigenvalue weighted by Crippen LogP contribution is -2.48. The number of amides is 1. The zero-order chi connectivity index (χ0) is 22.5. The van der Waals surface area contributed by atoms with Crippen molar-refractivity contribution in [3.05, 3.63) is 77.6 Å². The topological polar surface area (TPSA) is 64.4 Å². The molecule has 2 fully saturated rings. The number of carbonyl (C=O) groups excluding carboxylic acids is 2. The molecule has 2 atom stereocenters. The number of ketones is 1. The van der Waals surface area contributed by atoms with Crippen molar-refractivity contribution >= 4 is 11.9 Å². The first-order valence-corrected chi connectivity index (χ1v) is 11.8. The number of hydrogen-bond acceptors (Lipinski definition) is 4. The summed E-state index contributed by atoms with van der Waals surface area (Å²) in [4.78, 5) is 28.0. The van der Waals surface area contributed by atoms with Gasteiger partial charge in [-0.1, -0.05) is 48.5 Å². The molecule has 0 spiro atoms. The third kappa shape index (κ3) is 3.36. The van der Waals surface area contributed by atoms with Gasteiger partial charge in [-0.15, -0.1) is 0 Å². The average molecular weight is 442 g/mol. The van der Waals surface area contributed by atoms with Gasteiger partial charge >= 0.3 is 6.09 Å². The number of rotatable bonds is 4. The Hall–Kier alpha value is -3.41. The molecule has 2 saturated heterocycles. The lowest BCUT2D eigenvalue weighted by Gasteiger charge is -2.37. The molecule has 0 saturated carbocycles. The number of nitrogens with zero attached hydrogens (tertiary/aromatic N) is 3. The summed E-state index contributed by atoms with van der Waals surface area (Å²) >= 11 is 0. The molecule has 1 amide bonds. The van der Waals surface area contributed by atoms with Crippen LogP contribution >= 0.6 is 0 Å². The van der Waals surface area contributed by atoms with Gasteiger partial charge in [-0.05, 0) is 54.0 Å². The number of carbonyl (C=O) groups is 2. The van der Waals surface area contributed by atoms with Crippen molar-refractivity contribution in [2.45, 2.75) is 43.7 Å². The Balaban J connectivity index is 1.15. The lowest BCUT2D eigenvalue weighted by molar-refractivity contribution is 0.0504. The number of hydrogen-bond donors (Lipinski definition) is 0. The van der Waals surface area contributed by atoms with Crippen molar-refractivity contribution in [2.75, 3.05) is 6.61 Å². The van der Waals surface area contributed by atoms with Gasteiger partial charge in [0, 0.05) is 37.2 Å². The molecule has 33 heavy (non-hydrogen) atoms. The normalized spacial score (nSPS) is 23.3. The van der Waals surface area contributed by atoms with E-state index >= 15 is 0 Å². The first kappa shape index (κ1) is 20.2. The van der Waals surface area contributed by atoms with Crippen molar-refractivity contribution in [1.82, 2.24) is 14.7 Å². The van der Waals surface area contributed by atoms with E-state index in [4.69, 9.17) is 4.74 Å². The van der Waals surface area contributed by atoms with E-state index in [0.29, 0.717) is 25.1 Å². The lowest BCUT2D eigenvalue weighted by atomic mass is 9.86. The first-order valence-electron chi connectivity index (χ1n) is 11.8. The van der Waals surface area contributed by atoms with Crippen LogP contribution in [0, 0.1) is 5.92 Å². The molecule has 2 bridgehead atoms. The van der Waals surface area contributed by atoms with E-state index in [1.165, 1.54) is 22.3 Å². The van der Waals surface area contributed by atoms with Gasteiger partial charge in [0.15, 0.2) is 5.78 Å². The van der Waals surface area contributed by atoms with Crippen molar-refractivity contribution in [3.8, 4) is 11.1 Å². The zero-order valence-electron chi connectivity index (χ0n) is 18.7. The van der Waals surface area contributed by atoms with Crippen LogP contribution in [0.3, 0.4) is 0 Å².